The Morgan fingerprint density at radius 3 is 3.11 bits per heavy atom. The smallest absolute Gasteiger partial charge is 0.252 e. The van der Waals surface area contributed by atoms with Gasteiger partial charge in [-0.05, 0) is 6.42 Å². The van der Waals surface area contributed by atoms with E-state index in [4.69, 9.17) is 0 Å². The van der Waals surface area contributed by atoms with Gasteiger partial charge in [-0.1, -0.05) is 12.1 Å². The SMILES string of the molecule is CCc1nc(NCCCn2ccnn2)cc(=O)[nH]1. The van der Waals surface area contributed by atoms with Crippen LogP contribution in [0.1, 0.15) is 19.2 Å². The van der Waals surface area contributed by atoms with E-state index < -0.39 is 0 Å². The van der Waals surface area contributed by atoms with E-state index in [0.717, 1.165) is 19.5 Å². The lowest BCUT2D eigenvalue weighted by atomic mass is 10.4. The monoisotopic (exact) mass is 248 g/mol. The van der Waals surface area contributed by atoms with Crippen LogP contribution in [0.15, 0.2) is 23.3 Å². The van der Waals surface area contributed by atoms with Gasteiger partial charge < -0.3 is 10.3 Å². The molecule has 0 unspecified atom stereocenters. The Labute approximate surface area is 104 Å². The highest BCUT2D eigenvalue weighted by Gasteiger charge is 1.99. The van der Waals surface area contributed by atoms with E-state index in [9.17, 15) is 4.79 Å². The van der Waals surface area contributed by atoms with Crippen LogP contribution in [-0.2, 0) is 13.0 Å². The molecule has 0 fully saturated rings. The molecule has 0 radical (unpaired) electrons. The standard InChI is InChI=1S/C11H16N6O/c1-2-9-14-10(8-11(18)15-9)12-4-3-6-17-7-5-13-16-17/h5,7-8H,2-4,6H2,1H3,(H2,12,14,15,18). The Kier molecular flexibility index (Phi) is 4.06. The van der Waals surface area contributed by atoms with E-state index in [1.807, 2.05) is 13.1 Å². The minimum Gasteiger partial charge on any atom is -0.370 e. The third-order valence-electron chi connectivity index (χ3n) is 2.47. The Morgan fingerprint density at radius 1 is 1.50 bits per heavy atom. The van der Waals surface area contributed by atoms with Gasteiger partial charge in [-0.3, -0.25) is 9.48 Å². The highest BCUT2D eigenvalue weighted by molar-refractivity contribution is 5.32. The van der Waals surface area contributed by atoms with Crippen molar-refractivity contribution in [2.24, 2.45) is 0 Å². The summed E-state index contributed by atoms with van der Waals surface area (Å²) in [6, 6.07) is 1.47. The largest absolute Gasteiger partial charge is 0.370 e. The summed E-state index contributed by atoms with van der Waals surface area (Å²) < 4.78 is 1.77. The minimum absolute atomic E-state index is 0.124. The number of hydrogen-bond acceptors (Lipinski definition) is 5. The molecule has 7 heteroatoms. The zero-order chi connectivity index (χ0) is 12.8. The summed E-state index contributed by atoms with van der Waals surface area (Å²) in [6.45, 7) is 3.48. The summed E-state index contributed by atoms with van der Waals surface area (Å²) >= 11 is 0. The van der Waals surface area contributed by atoms with Gasteiger partial charge in [-0.2, -0.15) is 0 Å². The normalized spacial score (nSPS) is 10.5. The number of anilines is 1. The molecular weight excluding hydrogens is 232 g/mol. The second kappa shape index (κ2) is 5.95. The van der Waals surface area contributed by atoms with Gasteiger partial charge in [0.25, 0.3) is 5.56 Å². The summed E-state index contributed by atoms with van der Waals surface area (Å²) in [5.74, 6) is 1.32. The first-order valence-electron chi connectivity index (χ1n) is 5.96. The zero-order valence-electron chi connectivity index (χ0n) is 10.3. The molecule has 7 nitrogen and oxygen atoms in total. The number of nitrogens with zero attached hydrogens (tertiary/aromatic N) is 4. The topological polar surface area (TPSA) is 88.5 Å². The van der Waals surface area contributed by atoms with Crippen LogP contribution < -0.4 is 10.9 Å². The molecule has 0 spiro atoms. The Hall–Kier alpha value is -2.18. The van der Waals surface area contributed by atoms with Crippen LogP contribution in [0, 0.1) is 0 Å². The van der Waals surface area contributed by atoms with Crippen molar-refractivity contribution in [3.63, 3.8) is 0 Å². The van der Waals surface area contributed by atoms with E-state index in [1.165, 1.54) is 6.07 Å². The summed E-state index contributed by atoms with van der Waals surface area (Å²) in [5.41, 5.74) is -0.124. The molecule has 0 aliphatic heterocycles. The van der Waals surface area contributed by atoms with Crippen molar-refractivity contribution in [2.45, 2.75) is 26.3 Å². The van der Waals surface area contributed by atoms with Crippen molar-refractivity contribution in [3.05, 3.63) is 34.6 Å². The number of H-pyrrole nitrogens is 1. The van der Waals surface area contributed by atoms with Crippen LogP contribution in [0.25, 0.3) is 0 Å². The van der Waals surface area contributed by atoms with Crippen molar-refractivity contribution in [3.8, 4) is 0 Å². The van der Waals surface area contributed by atoms with Crippen molar-refractivity contribution in [1.29, 1.82) is 0 Å². The fourth-order valence-corrected chi connectivity index (χ4v) is 1.58. The molecule has 96 valence electrons. The van der Waals surface area contributed by atoms with E-state index in [-0.39, 0.29) is 5.56 Å². The summed E-state index contributed by atoms with van der Waals surface area (Å²) in [5, 5.41) is 10.7. The third kappa shape index (κ3) is 3.41. The van der Waals surface area contributed by atoms with Crippen LogP contribution in [0.2, 0.25) is 0 Å². The molecule has 0 bridgehead atoms. The lowest BCUT2D eigenvalue weighted by Gasteiger charge is -2.06. The highest BCUT2D eigenvalue weighted by Crippen LogP contribution is 1.99. The molecule has 0 saturated heterocycles. The second-order valence-electron chi connectivity index (χ2n) is 3.88. The molecule has 0 saturated carbocycles. The van der Waals surface area contributed by atoms with E-state index >= 15 is 0 Å². The van der Waals surface area contributed by atoms with Gasteiger partial charge in [0, 0.05) is 31.8 Å². The lowest BCUT2D eigenvalue weighted by Crippen LogP contribution is -2.14. The summed E-state index contributed by atoms with van der Waals surface area (Å²) in [6.07, 6.45) is 5.07. The molecule has 2 heterocycles. The molecule has 0 aliphatic carbocycles. The zero-order valence-corrected chi connectivity index (χ0v) is 10.3. The van der Waals surface area contributed by atoms with Gasteiger partial charge in [0.15, 0.2) is 0 Å². The predicted molar refractivity (Wildman–Crippen MR) is 67.4 cm³/mol. The van der Waals surface area contributed by atoms with Gasteiger partial charge in [0.2, 0.25) is 0 Å². The number of aromatic amines is 1. The first-order chi connectivity index (χ1) is 8.78. The molecule has 0 atom stereocenters. The average Bonchev–Trinajstić information content (AvgIpc) is 2.87. The van der Waals surface area contributed by atoms with Gasteiger partial charge in [0.1, 0.15) is 11.6 Å². The molecule has 2 aromatic rings. The van der Waals surface area contributed by atoms with Crippen molar-refractivity contribution in [1.82, 2.24) is 25.0 Å². The summed E-state index contributed by atoms with van der Waals surface area (Å²) in [4.78, 5) is 18.3. The van der Waals surface area contributed by atoms with Gasteiger partial charge >= 0.3 is 0 Å². The quantitative estimate of drug-likeness (QED) is 0.723. The predicted octanol–water partition coefficient (Wildman–Crippen LogP) is 0.426. The van der Waals surface area contributed by atoms with Gasteiger partial charge in [-0.15, -0.1) is 5.10 Å². The maximum absolute atomic E-state index is 11.3. The number of hydrogen-bond donors (Lipinski definition) is 2. The molecular formula is C11H16N6O. The Morgan fingerprint density at radius 2 is 2.39 bits per heavy atom. The van der Waals surface area contributed by atoms with Crippen molar-refractivity contribution < 1.29 is 0 Å². The number of nitrogens with one attached hydrogen (secondary N) is 2. The lowest BCUT2D eigenvalue weighted by molar-refractivity contribution is 0.569. The first kappa shape index (κ1) is 12.3. The minimum atomic E-state index is -0.124. The molecule has 0 aliphatic rings. The van der Waals surface area contributed by atoms with Crippen LogP contribution in [0.3, 0.4) is 0 Å². The van der Waals surface area contributed by atoms with Crippen molar-refractivity contribution >= 4 is 5.82 Å². The molecule has 2 aromatic heterocycles. The average molecular weight is 248 g/mol. The Bertz CT molecular complexity index is 533. The number of aromatic nitrogens is 5. The highest BCUT2D eigenvalue weighted by atomic mass is 16.1. The van der Waals surface area contributed by atoms with Crippen LogP contribution in [0.5, 0.6) is 0 Å². The molecule has 2 N–H and O–H groups in total. The van der Waals surface area contributed by atoms with Crippen molar-refractivity contribution in [2.75, 3.05) is 11.9 Å². The molecule has 18 heavy (non-hydrogen) atoms. The first-order valence-corrected chi connectivity index (χ1v) is 5.96. The fraction of sp³-hybridized carbons (Fsp3) is 0.455. The second-order valence-corrected chi connectivity index (χ2v) is 3.88. The van der Waals surface area contributed by atoms with Crippen LogP contribution >= 0.6 is 0 Å². The maximum atomic E-state index is 11.3. The van der Waals surface area contributed by atoms with Crippen LogP contribution in [0.4, 0.5) is 5.82 Å². The van der Waals surface area contributed by atoms with E-state index in [0.29, 0.717) is 18.1 Å². The summed E-state index contributed by atoms with van der Waals surface area (Å²) in [7, 11) is 0. The number of rotatable bonds is 6. The van der Waals surface area contributed by atoms with Crippen LogP contribution in [-0.4, -0.2) is 31.5 Å². The molecule has 0 amide bonds. The fourth-order valence-electron chi connectivity index (χ4n) is 1.58. The van der Waals surface area contributed by atoms with Gasteiger partial charge in [0.05, 0.1) is 6.20 Å². The van der Waals surface area contributed by atoms with E-state index in [1.54, 1.807) is 10.9 Å². The molecule has 2 rings (SSSR count). The molecule has 0 aromatic carbocycles. The Balaban J connectivity index is 1.83. The van der Waals surface area contributed by atoms with E-state index in [2.05, 4.69) is 25.6 Å². The maximum Gasteiger partial charge on any atom is 0.252 e. The number of aryl methyl sites for hydroxylation is 2. The third-order valence-corrected chi connectivity index (χ3v) is 2.47. The van der Waals surface area contributed by atoms with Gasteiger partial charge in [-0.25, -0.2) is 4.98 Å².